The fourth-order valence-electron chi connectivity index (χ4n) is 8.68. The number of aryl methyl sites for hydroxylation is 3. The molecule has 4 aromatic rings. The largest absolute Gasteiger partial charge is 0.433 e. The van der Waals surface area contributed by atoms with E-state index in [-0.39, 0.29) is 40.7 Å². The van der Waals surface area contributed by atoms with Gasteiger partial charge in [-0.05, 0) is 79.8 Å². The number of nitrogens with one attached hydrogen (secondary N) is 1. The Hall–Kier alpha value is -4.43. The van der Waals surface area contributed by atoms with Gasteiger partial charge in [0.05, 0.1) is 24.7 Å². The molecule has 1 spiro atoms. The molecule has 3 aromatic heterocycles. The fourth-order valence-corrected chi connectivity index (χ4v) is 8.68. The van der Waals surface area contributed by atoms with Gasteiger partial charge in [0, 0.05) is 48.0 Å². The SMILES string of the molecule is Cc1ncc(-c2cc3c4c(c2)c(C(N)=O)nn4CCN2[C@H](C(=O)Nc4nc(C(F)(F)F)ccc4C)C4C5[C@@H]2[C@@]45COCCCCCCC3)cn1. The van der Waals surface area contributed by atoms with E-state index in [0.29, 0.717) is 43.1 Å². The van der Waals surface area contributed by atoms with Crippen molar-refractivity contribution in [1.82, 2.24) is 29.6 Å². The number of halogens is 3. The molecule has 11 nitrogen and oxygen atoms in total. The van der Waals surface area contributed by atoms with Crippen LogP contribution in [0.2, 0.25) is 0 Å². The summed E-state index contributed by atoms with van der Waals surface area (Å²) < 4.78 is 48.5. The Bertz CT molecular complexity index is 2000. The number of nitrogens with zero attached hydrogens (tertiary/aromatic N) is 6. The van der Waals surface area contributed by atoms with Crippen molar-refractivity contribution in [3.63, 3.8) is 0 Å². The van der Waals surface area contributed by atoms with E-state index >= 15 is 0 Å². The number of alkyl halides is 3. The maximum Gasteiger partial charge on any atom is 0.433 e. The first-order valence-corrected chi connectivity index (χ1v) is 17.3. The minimum absolute atomic E-state index is 0.0443. The molecule has 5 aliphatic rings. The van der Waals surface area contributed by atoms with E-state index in [1.54, 1.807) is 19.3 Å². The maximum absolute atomic E-state index is 14.0. The number of hydrogen-bond acceptors (Lipinski definition) is 8. The van der Waals surface area contributed by atoms with Crippen LogP contribution in [0, 0.1) is 31.1 Å². The summed E-state index contributed by atoms with van der Waals surface area (Å²) in [6.45, 7) is 5.48. The molecule has 2 aliphatic carbocycles. The molecule has 4 fully saturated rings. The zero-order valence-electron chi connectivity index (χ0n) is 28.0. The van der Waals surface area contributed by atoms with Gasteiger partial charge in [-0.2, -0.15) is 18.3 Å². The van der Waals surface area contributed by atoms with Crippen molar-refractivity contribution < 1.29 is 27.5 Å². The summed E-state index contributed by atoms with van der Waals surface area (Å²) in [5, 5.41) is 8.13. The Morgan fingerprint density at radius 3 is 2.52 bits per heavy atom. The van der Waals surface area contributed by atoms with Crippen molar-refractivity contribution in [3.05, 3.63) is 65.0 Å². The van der Waals surface area contributed by atoms with E-state index < -0.39 is 23.8 Å². The number of nitrogens with two attached hydrogens (primary N) is 1. The van der Waals surface area contributed by atoms with Gasteiger partial charge in [-0.3, -0.25) is 19.2 Å². The van der Waals surface area contributed by atoms with Gasteiger partial charge < -0.3 is 15.8 Å². The Morgan fingerprint density at radius 1 is 1.00 bits per heavy atom. The van der Waals surface area contributed by atoms with E-state index in [0.717, 1.165) is 66.8 Å². The molecular weight excluding hydrogens is 649 g/mol. The molecule has 50 heavy (non-hydrogen) atoms. The van der Waals surface area contributed by atoms with Crippen molar-refractivity contribution in [3.8, 4) is 11.1 Å². The molecule has 0 radical (unpaired) electrons. The molecule has 6 heterocycles. The average molecular weight is 689 g/mol. The van der Waals surface area contributed by atoms with Gasteiger partial charge in [-0.15, -0.1) is 0 Å². The van der Waals surface area contributed by atoms with Crippen LogP contribution in [0.1, 0.15) is 65.2 Å². The summed E-state index contributed by atoms with van der Waals surface area (Å²) in [5.74, 6) is -0.107. The van der Waals surface area contributed by atoms with E-state index in [4.69, 9.17) is 15.6 Å². The second-order valence-electron chi connectivity index (χ2n) is 14.2. The van der Waals surface area contributed by atoms with Gasteiger partial charge in [-0.1, -0.05) is 25.3 Å². The van der Waals surface area contributed by atoms with Crippen LogP contribution in [0.4, 0.5) is 19.0 Å². The topological polar surface area (TPSA) is 141 Å². The van der Waals surface area contributed by atoms with Crippen molar-refractivity contribution in [2.24, 2.45) is 23.0 Å². The number of anilines is 1. The van der Waals surface area contributed by atoms with Crippen molar-refractivity contribution >= 4 is 28.5 Å². The van der Waals surface area contributed by atoms with Gasteiger partial charge >= 0.3 is 6.18 Å². The minimum atomic E-state index is -4.63. The molecular formula is C36H39F3N8O3. The Morgan fingerprint density at radius 2 is 1.76 bits per heavy atom. The summed E-state index contributed by atoms with van der Waals surface area (Å²) in [6.07, 6.45) is 4.74. The predicted molar refractivity (Wildman–Crippen MR) is 178 cm³/mol. The monoisotopic (exact) mass is 688 g/mol. The van der Waals surface area contributed by atoms with Crippen molar-refractivity contribution in [2.75, 3.05) is 25.1 Å². The summed E-state index contributed by atoms with van der Waals surface area (Å²) >= 11 is 0. The summed E-state index contributed by atoms with van der Waals surface area (Å²) in [4.78, 5) is 41.4. The zero-order chi connectivity index (χ0) is 34.9. The highest BCUT2D eigenvalue weighted by molar-refractivity contribution is 6.06. The number of rotatable bonds is 4. The van der Waals surface area contributed by atoms with Crippen LogP contribution in [0.3, 0.4) is 0 Å². The number of ether oxygens (including phenoxy) is 1. The zero-order valence-corrected chi connectivity index (χ0v) is 28.0. The highest BCUT2D eigenvalue weighted by Gasteiger charge is 2.95. The standard InChI is InChI=1S/C36H39F3N8O3/c1-19-9-10-25(36(37,38)39)43-33(19)44-34(49)30-26-27-31-35(26,27)18-50-13-7-5-3-4-6-8-21-14-22(23-16-41-20(2)42-17-23)15-24-28(32(40)48)45-47(29(21)24)12-11-46(30)31/h9-10,14-17,26-27,30-31H,3-8,11-13,18H2,1-2H3,(H2,40,48)(H,43,44,49)/t26?,27?,30-,31+,35-/m0/s1. The smallest absolute Gasteiger partial charge is 0.381 e. The third-order valence-electron chi connectivity index (χ3n) is 11.2. The summed E-state index contributed by atoms with van der Waals surface area (Å²) in [5.41, 5.74) is 8.89. The Kier molecular flexibility index (Phi) is 7.94. The molecule has 3 N–H and O–H groups in total. The lowest BCUT2D eigenvalue weighted by atomic mass is 9.97. The van der Waals surface area contributed by atoms with E-state index in [2.05, 4.69) is 31.2 Å². The van der Waals surface area contributed by atoms with E-state index in [1.165, 1.54) is 6.07 Å². The highest BCUT2D eigenvalue weighted by Crippen LogP contribution is 2.87. The second-order valence-corrected chi connectivity index (χ2v) is 14.2. The lowest BCUT2D eigenvalue weighted by Gasteiger charge is -2.24. The Labute approximate surface area is 286 Å². The molecule has 2 saturated carbocycles. The fraction of sp³-hybridized carbons (Fsp3) is 0.500. The van der Waals surface area contributed by atoms with Crippen LogP contribution in [0.15, 0.2) is 36.7 Å². The third kappa shape index (κ3) is 5.43. The molecule has 2 amide bonds. The van der Waals surface area contributed by atoms with Gasteiger partial charge in [0.2, 0.25) is 5.91 Å². The van der Waals surface area contributed by atoms with Crippen molar-refractivity contribution in [2.45, 2.75) is 77.2 Å². The Balaban J connectivity index is 1.14. The maximum atomic E-state index is 14.0. The van der Waals surface area contributed by atoms with Crippen LogP contribution in [0.25, 0.3) is 22.0 Å². The number of amides is 2. The molecule has 9 rings (SSSR count). The number of pyridine rings is 1. The van der Waals surface area contributed by atoms with Gasteiger partial charge in [0.25, 0.3) is 5.91 Å². The first-order valence-electron chi connectivity index (χ1n) is 17.3. The predicted octanol–water partition coefficient (Wildman–Crippen LogP) is 5.08. The normalized spacial score (nSPS) is 27.7. The number of primary amides is 1. The number of carbonyl (C=O) groups is 2. The van der Waals surface area contributed by atoms with Crippen LogP contribution in [-0.2, 0) is 28.7 Å². The molecule has 6 atom stereocenters. The number of hydrogen-bond donors (Lipinski definition) is 2. The average Bonchev–Trinajstić information content (AvgIpc) is 3.69. The van der Waals surface area contributed by atoms with Gasteiger partial charge in [0.15, 0.2) is 5.69 Å². The van der Waals surface area contributed by atoms with Crippen LogP contribution < -0.4 is 11.1 Å². The second kappa shape index (κ2) is 12.1. The lowest BCUT2D eigenvalue weighted by molar-refractivity contribution is -0.141. The van der Waals surface area contributed by atoms with Crippen molar-refractivity contribution in [1.29, 1.82) is 0 Å². The van der Waals surface area contributed by atoms with Crippen LogP contribution in [0.5, 0.6) is 0 Å². The van der Waals surface area contributed by atoms with Crippen LogP contribution in [-0.4, -0.2) is 73.3 Å². The number of aromatic nitrogens is 5. The van der Waals surface area contributed by atoms with Gasteiger partial charge in [0.1, 0.15) is 17.3 Å². The quantitative estimate of drug-likeness (QED) is 0.303. The molecule has 2 saturated heterocycles. The van der Waals surface area contributed by atoms with E-state index in [1.807, 2.05) is 17.7 Å². The molecule has 1 aromatic carbocycles. The molecule has 3 aliphatic heterocycles. The summed E-state index contributed by atoms with van der Waals surface area (Å²) in [7, 11) is 0. The van der Waals surface area contributed by atoms with Gasteiger partial charge in [-0.25, -0.2) is 15.0 Å². The number of benzene rings is 1. The number of piperidine rings is 1. The highest BCUT2D eigenvalue weighted by atomic mass is 19.4. The minimum Gasteiger partial charge on any atom is -0.381 e. The third-order valence-corrected chi connectivity index (χ3v) is 11.2. The first kappa shape index (κ1) is 32.8. The summed E-state index contributed by atoms with van der Waals surface area (Å²) in [6, 6.07) is 5.84. The first-order chi connectivity index (χ1) is 24.0. The molecule has 14 heteroatoms. The van der Waals surface area contributed by atoms with Crippen LogP contribution >= 0.6 is 0 Å². The van der Waals surface area contributed by atoms with E-state index in [9.17, 15) is 22.8 Å². The molecule has 4 bridgehead atoms. The molecule has 3 unspecified atom stereocenters. The number of carbonyl (C=O) groups excluding carboxylic acids is 2. The lowest BCUT2D eigenvalue weighted by Crippen LogP contribution is -2.42. The molecule has 262 valence electrons.